The minimum absolute atomic E-state index is 0.116. The van der Waals surface area contributed by atoms with Crippen LogP contribution in [0.1, 0.15) is 24.0 Å². The lowest BCUT2D eigenvalue weighted by Gasteiger charge is -2.42. The van der Waals surface area contributed by atoms with E-state index in [-0.39, 0.29) is 12.0 Å². The molecule has 1 aliphatic rings. The first-order valence-corrected chi connectivity index (χ1v) is 9.74. The molecule has 1 heterocycles. The van der Waals surface area contributed by atoms with Crippen molar-refractivity contribution < 1.29 is 14.6 Å². The zero-order valence-electron chi connectivity index (χ0n) is 16.1. The van der Waals surface area contributed by atoms with Gasteiger partial charge in [-0.1, -0.05) is 41.9 Å². The van der Waals surface area contributed by atoms with Crippen molar-refractivity contribution >= 4 is 11.6 Å². The average Bonchev–Trinajstić information content (AvgIpc) is 2.68. The Morgan fingerprint density at radius 1 is 1.15 bits per heavy atom. The summed E-state index contributed by atoms with van der Waals surface area (Å²) in [6.07, 6.45) is 2.98. The van der Waals surface area contributed by atoms with Crippen molar-refractivity contribution in [2.75, 3.05) is 33.9 Å². The van der Waals surface area contributed by atoms with Crippen molar-refractivity contribution in [3.8, 4) is 11.5 Å². The molecule has 0 spiro atoms. The summed E-state index contributed by atoms with van der Waals surface area (Å²) in [6, 6.07) is 14.1. The molecule has 4 nitrogen and oxygen atoms in total. The van der Waals surface area contributed by atoms with E-state index in [2.05, 4.69) is 29.2 Å². The topological polar surface area (TPSA) is 41.9 Å². The molecule has 0 bridgehead atoms. The van der Waals surface area contributed by atoms with E-state index >= 15 is 0 Å². The van der Waals surface area contributed by atoms with Crippen LogP contribution in [0.15, 0.2) is 42.5 Å². The second-order valence-corrected chi connectivity index (χ2v) is 7.87. The lowest BCUT2D eigenvalue weighted by atomic mass is 9.75. The number of halogens is 1. The highest BCUT2D eigenvalue weighted by atomic mass is 35.5. The SMILES string of the molecule is COc1cc(Cl)cc(CN2CCCC(CO)(Cc3ccccc3)C2)c1OC. The molecule has 146 valence electrons. The summed E-state index contributed by atoms with van der Waals surface area (Å²) in [5.41, 5.74) is 2.17. The Morgan fingerprint density at radius 3 is 2.59 bits per heavy atom. The predicted octanol–water partition coefficient (Wildman–Crippen LogP) is 4.17. The largest absolute Gasteiger partial charge is 0.493 e. The van der Waals surface area contributed by atoms with Crippen molar-refractivity contribution in [3.05, 3.63) is 58.6 Å². The van der Waals surface area contributed by atoms with E-state index in [9.17, 15) is 5.11 Å². The van der Waals surface area contributed by atoms with Crippen LogP contribution >= 0.6 is 11.6 Å². The average molecular weight is 390 g/mol. The second-order valence-electron chi connectivity index (χ2n) is 7.44. The van der Waals surface area contributed by atoms with Gasteiger partial charge in [-0.3, -0.25) is 4.90 Å². The van der Waals surface area contributed by atoms with Gasteiger partial charge in [0.1, 0.15) is 0 Å². The van der Waals surface area contributed by atoms with Crippen LogP contribution in [0.2, 0.25) is 5.02 Å². The number of likely N-dealkylation sites (tertiary alicyclic amines) is 1. The number of piperidine rings is 1. The lowest BCUT2D eigenvalue weighted by molar-refractivity contribution is 0.0285. The fourth-order valence-electron chi connectivity index (χ4n) is 4.17. The summed E-state index contributed by atoms with van der Waals surface area (Å²) in [5.74, 6) is 1.37. The van der Waals surface area contributed by atoms with Gasteiger partial charge in [-0.05, 0) is 37.4 Å². The molecule has 1 saturated heterocycles. The first-order chi connectivity index (χ1) is 13.1. The van der Waals surface area contributed by atoms with Gasteiger partial charge in [0.15, 0.2) is 11.5 Å². The molecule has 2 aromatic carbocycles. The number of hydrogen-bond donors (Lipinski definition) is 1. The van der Waals surface area contributed by atoms with Gasteiger partial charge < -0.3 is 14.6 Å². The molecule has 0 aromatic heterocycles. The van der Waals surface area contributed by atoms with Gasteiger partial charge in [0.05, 0.1) is 20.8 Å². The van der Waals surface area contributed by atoms with E-state index < -0.39 is 0 Å². The summed E-state index contributed by atoms with van der Waals surface area (Å²) < 4.78 is 11.0. The Balaban J connectivity index is 1.79. The van der Waals surface area contributed by atoms with Gasteiger partial charge in [0, 0.05) is 35.2 Å². The van der Waals surface area contributed by atoms with E-state index in [1.54, 1.807) is 20.3 Å². The van der Waals surface area contributed by atoms with E-state index in [4.69, 9.17) is 21.1 Å². The molecule has 1 aliphatic heterocycles. The van der Waals surface area contributed by atoms with Crippen molar-refractivity contribution in [1.29, 1.82) is 0 Å². The summed E-state index contributed by atoms with van der Waals surface area (Å²) in [7, 11) is 3.27. The normalized spacial score (nSPS) is 20.4. The smallest absolute Gasteiger partial charge is 0.165 e. The zero-order chi connectivity index (χ0) is 19.3. The maximum absolute atomic E-state index is 10.2. The highest BCUT2D eigenvalue weighted by Gasteiger charge is 2.35. The number of rotatable bonds is 7. The molecule has 1 fully saturated rings. The second kappa shape index (κ2) is 8.96. The van der Waals surface area contributed by atoms with Gasteiger partial charge >= 0.3 is 0 Å². The first kappa shape index (κ1) is 20.0. The molecule has 0 saturated carbocycles. The molecule has 1 atom stereocenters. The number of nitrogens with zero attached hydrogens (tertiary/aromatic N) is 1. The molecule has 0 amide bonds. The van der Waals surface area contributed by atoms with Crippen LogP contribution in [0.4, 0.5) is 0 Å². The highest BCUT2D eigenvalue weighted by Crippen LogP contribution is 2.38. The molecule has 1 N–H and O–H groups in total. The van der Waals surface area contributed by atoms with Crippen LogP contribution in [0, 0.1) is 5.41 Å². The molecule has 0 radical (unpaired) electrons. The van der Waals surface area contributed by atoms with Gasteiger partial charge in [0.2, 0.25) is 0 Å². The summed E-state index contributed by atoms with van der Waals surface area (Å²) >= 11 is 6.27. The van der Waals surface area contributed by atoms with Crippen LogP contribution in [0.5, 0.6) is 11.5 Å². The van der Waals surface area contributed by atoms with Crippen LogP contribution in [0.3, 0.4) is 0 Å². The molecule has 3 rings (SSSR count). The fraction of sp³-hybridized carbons (Fsp3) is 0.455. The maximum atomic E-state index is 10.2. The Labute approximate surface area is 166 Å². The Morgan fingerprint density at radius 2 is 1.93 bits per heavy atom. The third-order valence-corrected chi connectivity index (χ3v) is 5.63. The molecule has 0 aliphatic carbocycles. The molecule has 5 heteroatoms. The molecule has 2 aromatic rings. The number of ether oxygens (including phenoxy) is 2. The van der Waals surface area contributed by atoms with E-state index in [1.165, 1.54) is 5.56 Å². The zero-order valence-corrected chi connectivity index (χ0v) is 16.8. The van der Waals surface area contributed by atoms with Crippen LogP contribution in [0.25, 0.3) is 0 Å². The predicted molar refractivity (Wildman–Crippen MR) is 109 cm³/mol. The van der Waals surface area contributed by atoms with Gasteiger partial charge in [-0.15, -0.1) is 0 Å². The van der Waals surface area contributed by atoms with Gasteiger partial charge in [0.25, 0.3) is 0 Å². The minimum atomic E-state index is -0.116. The van der Waals surface area contributed by atoms with E-state index in [0.29, 0.717) is 10.8 Å². The van der Waals surface area contributed by atoms with Crippen molar-refractivity contribution in [2.45, 2.75) is 25.8 Å². The number of methoxy groups -OCH3 is 2. The molecule has 1 unspecified atom stereocenters. The molecular formula is C22H28ClNO3. The number of aliphatic hydroxyl groups excluding tert-OH is 1. The van der Waals surface area contributed by atoms with Crippen LogP contribution in [-0.2, 0) is 13.0 Å². The number of benzene rings is 2. The Hall–Kier alpha value is -1.75. The third-order valence-electron chi connectivity index (χ3n) is 5.41. The van der Waals surface area contributed by atoms with E-state index in [0.717, 1.165) is 50.2 Å². The quantitative estimate of drug-likeness (QED) is 0.771. The van der Waals surface area contributed by atoms with Crippen LogP contribution < -0.4 is 9.47 Å². The van der Waals surface area contributed by atoms with Gasteiger partial charge in [-0.2, -0.15) is 0 Å². The Kier molecular flexibility index (Phi) is 6.64. The fourth-order valence-corrected chi connectivity index (χ4v) is 4.40. The summed E-state index contributed by atoms with van der Waals surface area (Å²) in [6.45, 7) is 2.75. The van der Waals surface area contributed by atoms with Crippen molar-refractivity contribution in [2.24, 2.45) is 5.41 Å². The standard InChI is InChI=1S/C22H28ClNO3/c1-26-20-12-19(23)11-18(21(20)27-2)14-24-10-6-9-22(15-24,16-25)13-17-7-4-3-5-8-17/h3-5,7-8,11-12,25H,6,9-10,13-16H2,1-2H3. The molecule has 27 heavy (non-hydrogen) atoms. The maximum Gasteiger partial charge on any atom is 0.165 e. The molecular weight excluding hydrogens is 362 g/mol. The number of hydrogen-bond acceptors (Lipinski definition) is 4. The van der Waals surface area contributed by atoms with E-state index in [1.807, 2.05) is 12.1 Å². The van der Waals surface area contributed by atoms with Crippen molar-refractivity contribution in [3.63, 3.8) is 0 Å². The summed E-state index contributed by atoms with van der Waals surface area (Å²) in [4.78, 5) is 2.39. The van der Waals surface area contributed by atoms with Crippen LogP contribution in [-0.4, -0.2) is 43.9 Å². The third kappa shape index (κ3) is 4.75. The lowest BCUT2D eigenvalue weighted by Crippen LogP contribution is -2.46. The highest BCUT2D eigenvalue weighted by molar-refractivity contribution is 6.30. The summed E-state index contributed by atoms with van der Waals surface area (Å²) in [5, 5.41) is 10.9. The Bertz CT molecular complexity index is 753. The van der Waals surface area contributed by atoms with Gasteiger partial charge in [-0.25, -0.2) is 0 Å². The van der Waals surface area contributed by atoms with Crippen molar-refractivity contribution in [1.82, 2.24) is 4.90 Å². The monoisotopic (exact) mass is 389 g/mol. The first-order valence-electron chi connectivity index (χ1n) is 9.37. The minimum Gasteiger partial charge on any atom is -0.493 e. The number of aliphatic hydroxyl groups is 1.